The third kappa shape index (κ3) is 3.92. The average Bonchev–Trinajstić information content (AvgIpc) is 3.23. The normalized spacial score (nSPS) is 14.8. The molecule has 1 aromatic rings. The number of likely N-dealkylation sites (N-methyl/N-ethyl adjacent to an activating group) is 1. The van der Waals surface area contributed by atoms with Crippen molar-refractivity contribution in [3.8, 4) is 0 Å². The molecule has 0 radical (unpaired) electrons. The van der Waals surface area contributed by atoms with E-state index >= 15 is 0 Å². The molecule has 1 aliphatic rings. The average molecular weight is 250 g/mol. The fourth-order valence-corrected chi connectivity index (χ4v) is 1.75. The molecule has 1 N–H and O–H groups in total. The lowest BCUT2D eigenvalue weighted by Gasteiger charge is -2.20. The molecule has 0 saturated heterocycles. The fourth-order valence-electron chi connectivity index (χ4n) is 1.75. The molecule has 1 heterocycles. The van der Waals surface area contributed by atoms with Crippen LogP contribution in [0.3, 0.4) is 0 Å². The zero-order valence-electron chi connectivity index (χ0n) is 11.2. The lowest BCUT2D eigenvalue weighted by Crippen LogP contribution is -2.28. The second-order valence-electron chi connectivity index (χ2n) is 4.62. The maximum absolute atomic E-state index is 5.08. The molecular formula is C13H22N4O. The summed E-state index contributed by atoms with van der Waals surface area (Å²) in [5.74, 6) is 0.782. The van der Waals surface area contributed by atoms with Crippen molar-refractivity contribution in [1.29, 1.82) is 0 Å². The van der Waals surface area contributed by atoms with Crippen molar-refractivity contribution in [2.24, 2.45) is 0 Å². The van der Waals surface area contributed by atoms with Crippen molar-refractivity contribution >= 4 is 5.95 Å². The van der Waals surface area contributed by atoms with Crippen molar-refractivity contribution in [2.75, 3.05) is 31.7 Å². The van der Waals surface area contributed by atoms with Gasteiger partial charge in [-0.15, -0.1) is 0 Å². The van der Waals surface area contributed by atoms with E-state index in [9.17, 15) is 0 Å². The third-order valence-electron chi connectivity index (χ3n) is 3.09. The van der Waals surface area contributed by atoms with Crippen LogP contribution in [0.1, 0.15) is 25.3 Å². The zero-order valence-corrected chi connectivity index (χ0v) is 11.2. The summed E-state index contributed by atoms with van der Waals surface area (Å²) in [5, 5.41) is 3.46. The first-order chi connectivity index (χ1) is 8.83. The van der Waals surface area contributed by atoms with Gasteiger partial charge in [0.2, 0.25) is 5.95 Å². The molecule has 0 aliphatic heterocycles. The van der Waals surface area contributed by atoms with Gasteiger partial charge in [-0.3, -0.25) is 0 Å². The Balaban J connectivity index is 1.87. The van der Waals surface area contributed by atoms with Crippen LogP contribution >= 0.6 is 0 Å². The van der Waals surface area contributed by atoms with Gasteiger partial charge >= 0.3 is 0 Å². The number of aromatic nitrogens is 2. The Bertz CT molecular complexity index is 351. The van der Waals surface area contributed by atoms with Crippen LogP contribution in [0.5, 0.6) is 0 Å². The predicted octanol–water partition coefficient (Wildman–Crippen LogP) is 1.20. The summed E-state index contributed by atoms with van der Waals surface area (Å²) < 4.78 is 5.08. The van der Waals surface area contributed by atoms with Gasteiger partial charge in [-0.2, -0.15) is 0 Å². The maximum atomic E-state index is 5.08. The molecule has 0 spiro atoms. The van der Waals surface area contributed by atoms with Crippen LogP contribution in [-0.4, -0.2) is 42.8 Å². The topological polar surface area (TPSA) is 50.3 Å². The van der Waals surface area contributed by atoms with Crippen molar-refractivity contribution in [3.05, 3.63) is 18.0 Å². The Morgan fingerprint density at radius 2 is 2.11 bits per heavy atom. The standard InChI is InChI=1S/C13H22N4O/c1-3-17(6-7-18-2)13-15-9-11(10-16-13)8-14-12-4-5-12/h9-10,12,14H,3-8H2,1-2H3. The summed E-state index contributed by atoms with van der Waals surface area (Å²) >= 11 is 0. The molecule has 0 aromatic carbocycles. The van der Waals surface area contributed by atoms with E-state index in [4.69, 9.17) is 4.74 Å². The molecular weight excluding hydrogens is 228 g/mol. The van der Waals surface area contributed by atoms with E-state index in [1.54, 1.807) is 7.11 Å². The molecule has 5 heteroatoms. The number of hydrogen-bond donors (Lipinski definition) is 1. The van der Waals surface area contributed by atoms with E-state index in [0.29, 0.717) is 6.61 Å². The van der Waals surface area contributed by atoms with Crippen LogP contribution in [-0.2, 0) is 11.3 Å². The third-order valence-corrected chi connectivity index (χ3v) is 3.09. The Hall–Kier alpha value is -1.20. The van der Waals surface area contributed by atoms with E-state index in [0.717, 1.165) is 37.2 Å². The first-order valence-corrected chi connectivity index (χ1v) is 6.61. The van der Waals surface area contributed by atoms with Gasteiger partial charge in [0.25, 0.3) is 0 Å². The molecule has 1 aliphatic carbocycles. The molecule has 1 saturated carbocycles. The quantitative estimate of drug-likeness (QED) is 0.751. The molecule has 0 atom stereocenters. The van der Waals surface area contributed by atoms with E-state index in [1.807, 2.05) is 12.4 Å². The number of hydrogen-bond acceptors (Lipinski definition) is 5. The Labute approximate surface area is 109 Å². The first-order valence-electron chi connectivity index (χ1n) is 6.61. The van der Waals surface area contributed by atoms with Crippen LogP contribution in [0.15, 0.2) is 12.4 Å². The van der Waals surface area contributed by atoms with Gasteiger partial charge in [-0.05, 0) is 19.8 Å². The maximum Gasteiger partial charge on any atom is 0.225 e. The summed E-state index contributed by atoms with van der Waals surface area (Å²) in [6, 6.07) is 0.721. The molecule has 0 bridgehead atoms. The summed E-state index contributed by atoms with van der Waals surface area (Å²) in [6.07, 6.45) is 6.43. The Morgan fingerprint density at radius 3 is 2.67 bits per heavy atom. The van der Waals surface area contributed by atoms with Gasteiger partial charge < -0.3 is 15.0 Å². The van der Waals surface area contributed by atoms with E-state index in [2.05, 4.69) is 27.1 Å². The number of anilines is 1. The van der Waals surface area contributed by atoms with Gasteiger partial charge in [0.05, 0.1) is 6.61 Å². The minimum atomic E-state index is 0.697. The summed E-state index contributed by atoms with van der Waals surface area (Å²) in [7, 11) is 1.71. The Morgan fingerprint density at radius 1 is 1.39 bits per heavy atom. The lowest BCUT2D eigenvalue weighted by molar-refractivity contribution is 0.205. The molecule has 1 fully saturated rings. The monoisotopic (exact) mass is 250 g/mol. The van der Waals surface area contributed by atoms with Crippen molar-refractivity contribution < 1.29 is 4.74 Å². The number of nitrogens with one attached hydrogen (secondary N) is 1. The second kappa shape index (κ2) is 6.66. The SMILES string of the molecule is CCN(CCOC)c1ncc(CNC2CC2)cn1. The van der Waals surface area contributed by atoms with Crippen LogP contribution in [0.2, 0.25) is 0 Å². The first kappa shape index (κ1) is 13.2. The second-order valence-corrected chi connectivity index (χ2v) is 4.62. The van der Waals surface area contributed by atoms with Gasteiger partial charge in [0.15, 0.2) is 0 Å². The summed E-state index contributed by atoms with van der Waals surface area (Å²) in [4.78, 5) is 11.0. The molecule has 2 rings (SSSR count). The fraction of sp³-hybridized carbons (Fsp3) is 0.692. The molecule has 100 valence electrons. The van der Waals surface area contributed by atoms with Crippen molar-refractivity contribution in [1.82, 2.24) is 15.3 Å². The van der Waals surface area contributed by atoms with E-state index < -0.39 is 0 Å². The summed E-state index contributed by atoms with van der Waals surface area (Å²) in [6.45, 7) is 5.38. The highest BCUT2D eigenvalue weighted by atomic mass is 16.5. The Kier molecular flexibility index (Phi) is 4.90. The van der Waals surface area contributed by atoms with Gasteiger partial charge in [-0.1, -0.05) is 0 Å². The number of rotatable bonds is 8. The minimum Gasteiger partial charge on any atom is -0.383 e. The van der Waals surface area contributed by atoms with Crippen LogP contribution in [0, 0.1) is 0 Å². The zero-order chi connectivity index (χ0) is 12.8. The molecule has 0 amide bonds. The predicted molar refractivity (Wildman–Crippen MR) is 71.7 cm³/mol. The highest BCUT2D eigenvalue weighted by Crippen LogP contribution is 2.19. The van der Waals surface area contributed by atoms with E-state index in [-0.39, 0.29) is 0 Å². The number of ether oxygens (including phenoxy) is 1. The van der Waals surface area contributed by atoms with Crippen molar-refractivity contribution in [2.45, 2.75) is 32.4 Å². The number of methoxy groups -OCH3 is 1. The molecule has 1 aromatic heterocycles. The van der Waals surface area contributed by atoms with Crippen LogP contribution in [0.25, 0.3) is 0 Å². The smallest absolute Gasteiger partial charge is 0.225 e. The van der Waals surface area contributed by atoms with E-state index in [1.165, 1.54) is 12.8 Å². The summed E-state index contributed by atoms with van der Waals surface area (Å²) in [5.41, 5.74) is 1.15. The molecule has 0 unspecified atom stereocenters. The number of nitrogens with zero attached hydrogens (tertiary/aromatic N) is 3. The highest BCUT2D eigenvalue weighted by molar-refractivity contribution is 5.29. The van der Waals surface area contributed by atoms with Gasteiger partial charge in [0, 0.05) is 50.7 Å². The van der Waals surface area contributed by atoms with Crippen molar-refractivity contribution in [3.63, 3.8) is 0 Å². The lowest BCUT2D eigenvalue weighted by atomic mass is 10.3. The van der Waals surface area contributed by atoms with Crippen LogP contribution in [0.4, 0.5) is 5.95 Å². The molecule has 5 nitrogen and oxygen atoms in total. The van der Waals surface area contributed by atoms with Gasteiger partial charge in [-0.25, -0.2) is 9.97 Å². The highest BCUT2D eigenvalue weighted by Gasteiger charge is 2.20. The minimum absolute atomic E-state index is 0.697. The largest absolute Gasteiger partial charge is 0.383 e. The molecule has 18 heavy (non-hydrogen) atoms. The van der Waals surface area contributed by atoms with Crippen LogP contribution < -0.4 is 10.2 Å². The van der Waals surface area contributed by atoms with Gasteiger partial charge in [0.1, 0.15) is 0 Å².